The zero-order valence-electron chi connectivity index (χ0n) is 26.5. The molecule has 11 heteroatoms. The predicted octanol–water partition coefficient (Wildman–Crippen LogP) is 2.36. The number of benzene rings is 3. The molecular weight excluding hydrogens is 598 g/mol. The molecule has 0 radical (unpaired) electrons. The summed E-state index contributed by atoms with van der Waals surface area (Å²) in [4.78, 5) is 42.0. The van der Waals surface area contributed by atoms with Crippen LogP contribution in [0.25, 0.3) is 16.9 Å². The smallest absolute Gasteiger partial charge is 0.255 e. The number of amides is 1. The third kappa shape index (κ3) is 4.69. The van der Waals surface area contributed by atoms with Gasteiger partial charge in [-0.05, 0) is 67.7 Å². The fraction of sp³-hybridized carbons (Fsp3) is 0.306. The Hall–Kier alpha value is -4.81. The Morgan fingerprint density at radius 3 is 2.15 bits per heavy atom. The lowest BCUT2D eigenvalue weighted by molar-refractivity contribution is -0.142. The molecule has 0 aliphatic heterocycles. The summed E-state index contributed by atoms with van der Waals surface area (Å²) in [5, 5.41) is 37.6. The average Bonchev–Trinajstić information content (AvgIpc) is 3.00. The molecule has 3 aromatic rings. The van der Waals surface area contributed by atoms with Crippen molar-refractivity contribution in [2.24, 2.45) is 22.6 Å². The van der Waals surface area contributed by atoms with Gasteiger partial charge >= 0.3 is 0 Å². The van der Waals surface area contributed by atoms with E-state index in [1.807, 2.05) is 42.5 Å². The van der Waals surface area contributed by atoms with Crippen LogP contribution >= 0.6 is 0 Å². The average molecular weight is 638 g/mol. The van der Waals surface area contributed by atoms with E-state index in [-0.39, 0.29) is 29.7 Å². The van der Waals surface area contributed by atoms with E-state index >= 15 is 0 Å². The quantitative estimate of drug-likeness (QED) is 0.188. The molecule has 244 valence electrons. The number of aromatic hydroxyl groups is 1. The molecule has 1 fully saturated rings. The first kappa shape index (κ1) is 32.1. The van der Waals surface area contributed by atoms with Gasteiger partial charge in [-0.15, -0.1) is 0 Å². The molecule has 3 aliphatic rings. The summed E-state index contributed by atoms with van der Waals surface area (Å²) < 4.78 is 0. The summed E-state index contributed by atoms with van der Waals surface area (Å²) >= 11 is 0. The number of aliphatic hydroxyl groups is 2. The van der Waals surface area contributed by atoms with Crippen LogP contribution in [0.3, 0.4) is 0 Å². The molecule has 0 heterocycles. The van der Waals surface area contributed by atoms with Crippen LogP contribution in [0.4, 0.5) is 0 Å². The number of hydrogen-bond acceptors (Lipinski definition) is 10. The van der Waals surface area contributed by atoms with Crippen molar-refractivity contribution in [1.82, 2.24) is 10.2 Å². The number of likely N-dealkylation sites (N-methyl/N-ethyl adjacent to an activating group) is 1. The summed E-state index contributed by atoms with van der Waals surface area (Å²) in [6.45, 7) is 2.70. The van der Waals surface area contributed by atoms with Crippen LogP contribution in [0.5, 0.6) is 5.75 Å². The largest absolute Gasteiger partial charge is 0.510 e. The van der Waals surface area contributed by atoms with Gasteiger partial charge in [-0.25, -0.2) is 0 Å². The van der Waals surface area contributed by atoms with Crippen molar-refractivity contribution in [3.05, 3.63) is 106 Å². The standard InChI is InChI=1S/C36H39N5O6/c1-34-31(45)26(33(37)47)29(44)30(41(2)3)36(34,39)18-35(38)15-23-22(13-14-24(42)25(23)28(43)27(35)32(34)46)21-11-9-20(10-12-21)17-40-16-19-7-5-4-6-8-19/h4-14,30,40,42-43,45H,15-18,38-39H2,1-3H3,(H2,37,47)/t30-,34+,35-,36-/m1/s1. The van der Waals surface area contributed by atoms with E-state index in [2.05, 4.69) is 17.4 Å². The maximum atomic E-state index is 14.5. The molecule has 0 saturated heterocycles. The SMILES string of the molecule is CN(C)[C@@H]1C(=O)C(C(N)=O)=C(O)[C@@]2(C)C(=O)C3=C(O)c4c(O)ccc(-c5ccc(CNCc6ccccc6)cc5)c4C[C@@]3(N)C[C@@]12N. The first-order valence-electron chi connectivity index (χ1n) is 15.4. The lowest BCUT2D eigenvalue weighted by Crippen LogP contribution is -2.79. The number of Topliss-reactive ketones (excluding diaryl/α,β-unsaturated/α-hetero) is 2. The molecule has 0 bridgehead atoms. The number of rotatable bonds is 7. The van der Waals surface area contributed by atoms with Gasteiger partial charge in [-0.1, -0.05) is 60.7 Å². The number of fused-ring (bicyclic) bond motifs is 3. The van der Waals surface area contributed by atoms with Crippen molar-refractivity contribution in [2.45, 2.75) is 50.0 Å². The lowest BCUT2D eigenvalue weighted by atomic mass is 9.47. The van der Waals surface area contributed by atoms with Gasteiger partial charge in [-0.2, -0.15) is 0 Å². The highest BCUT2D eigenvalue weighted by molar-refractivity contribution is 6.25. The summed E-state index contributed by atoms with van der Waals surface area (Å²) in [5.41, 5.74) is 17.4. The van der Waals surface area contributed by atoms with Crippen molar-refractivity contribution in [3.63, 3.8) is 0 Å². The maximum Gasteiger partial charge on any atom is 0.255 e. The van der Waals surface area contributed by atoms with E-state index in [1.165, 1.54) is 23.5 Å². The Labute approximate surface area is 272 Å². The van der Waals surface area contributed by atoms with Gasteiger partial charge in [0, 0.05) is 13.1 Å². The second-order valence-electron chi connectivity index (χ2n) is 13.3. The minimum absolute atomic E-state index is 0.0197. The first-order chi connectivity index (χ1) is 22.2. The van der Waals surface area contributed by atoms with Gasteiger partial charge in [-0.3, -0.25) is 19.3 Å². The number of carbonyl (C=O) groups is 3. The molecule has 11 nitrogen and oxygen atoms in total. The van der Waals surface area contributed by atoms with Crippen LogP contribution in [-0.4, -0.2) is 68.9 Å². The summed E-state index contributed by atoms with van der Waals surface area (Å²) in [6, 6.07) is 19.8. The molecule has 6 rings (SSSR count). The Kier molecular flexibility index (Phi) is 7.64. The van der Waals surface area contributed by atoms with Crippen LogP contribution < -0.4 is 22.5 Å². The number of primary amides is 1. The van der Waals surface area contributed by atoms with E-state index in [0.29, 0.717) is 17.7 Å². The second kappa shape index (κ2) is 11.2. The minimum Gasteiger partial charge on any atom is -0.510 e. The van der Waals surface area contributed by atoms with E-state index in [4.69, 9.17) is 17.2 Å². The number of aliphatic hydroxyl groups excluding tert-OH is 2. The van der Waals surface area contributed by atoms with Crippen molar-refractivity contribution in [1.29, 1.82) is 0 Å². The molecule has 1 amide bonds. The van der Waals surface area contributed by atoms with E-state index < -0.39 is 57.1 Å². The van der Waals surface area contributed by atoms with Gasteiger partial charge < -0.3 is 37.8 Å². The van der Waals surface area contributed by atoms with E-state index in [1.54, 1.807) is 20.2 Å². The molecule has 0 spiro atoms. The van der Waals surface area contributed by atoms with Gasteiger partial charge in [0.15, 0.2) is 11.6 Å². The highest BCUT2D eigenvalue weighted by Crippen LogP contribution is 2.58. The third-order valence-electron chi connectivity index (χ3n) is 10.2. The normalized spacial score (nSPS) is 27.1. The van der Waals surface area contributed by atoms with Crippen molar-refractivity contribution < 1.29 is 29.7 Å². The van der Waals surface area contributed by atoms with Crippen molar-refractivity contribution in [2.75, 3.05) is 14.1 Å². The molecule has 0 aromatic heterocycles. The highest BCUT2D eigenvalue weighted by Gasteiger charge is 2.71. The first-order valence-corrected chi connectivity index (χ1v) is 15.4. The molecule has 10 N–H and O–H groups in total. The van der Waals surface area contributed by atoms with Crippen LogP contribution in [0.1, 0.15) is 35.6 Å². The number of hydrogen-bond donors (Lipinski definition) is 7. The Bertz CT molecular complexity index is 1890. The molecular formula is C36H39N5O6. The third-order valence-corrected chi connectivity index (χ3v) is 10.2. The highest BCUT2D eigenvalue weighted by atomic mass is 16.3. The molecule has 3 aliphatic carbocycles. The van der Waals surface area contributed by atoms with E-state index in [9.17, 15) is 29.7 Å². The van der Waals surface area contributed by atoms with Gasteiger partial charge in [0.05, 0.1) is 28.3 Å². The van der Waals surface area contributed by atoms with Gasteiger partial charge in [0.25, 0.3) is 5.91 Å². The monoisotopic (exact) mass is 637 g/mol. The Morgan fingerprint density at radius 1 is 0.936 bits per heavy atom. The number of carbonyl (C=O) groups excluding carboxylic acids is 3. The van der Waals surface area contributed by atoms with Crippen LogP contribution in [-0.2, 0) is 33.9 Å². The number of nitrogens with one attached hydrogen (secondary N) is 1. The molecule has 3 aromatic carbocycles. The Morgan fingerprint density at radius 2 is 1.55 bits per heavy atom. The van der Waals surface area contributed by atoms with Gasteiger partial charge in [0.2, 0.25) is 0 Å². The Balaban J connectivity index is 1.43. The van der Waals surface area contributed by atoms with Crippen molar-refractivity contribution >= 4 is 23.2 Å². The fourth-order valence-corrected chi connectivity index (χ4v) is 7.88. The number of nitrogens with zero attached hydrogens (tertiary/aromatic N) is 1. The summed E-state index contributed by atoms with van der Waals surface area (Å²) in [6.07, 6.45) is -0.249. The molecule has 4 atom stereocenters. The van der Waals surface area contributed by atoms with Crippen LogP contribution in [0.15, 0.2) is 83.6 Å². The van der Waals surface area contributed by atoms with Crippen molar-refractivity contribution in [3.8, 4) is 16.9 Å². The lowest BCUT2D eigenvalue weighted by Gasteiger charge is -2.60. The molecule has 47 heavy (non-hydrogen) atoms. The summed E-state index contributed by atoms with van der Waals surface area (Å²) in [7, 11) is 3.14. The van der Waals surface area contributed by atoms with Gasteiger partial charge in [0.1, 0.15) is 28.3 Å². The summed E-state index contributed by atoms with van der Waals surface area (Å²) in [5.74, 6) is -4.54. The number of nitrogens with two attached hydrogens (primary N) is 3. The number of phenolic OH excluding ortho intramolecular Hbond substituents is 1. The van der Waals surface area contributed by atoms with Crippen LogP contribution in [0, 0.1) is 5.41 Å². The fourth-order valence-electron chi connectivity index (χ4n) is 7.88. The van der Waals surface area contributed by atoms with E-state index in [0.717, 1.165) is 17.7 Å². The number of phenols is 1. The number of ketones is 2. The zero-order chi connectivity index (χ0) is 34.1. The minimum atomic E-state index is -2.05. The predicted molar refractivity (Wildman–Crippen MR) is 177 cm³/mol. The molecule has 0 unspecified atom stereocenters. The topological polar surface area (TPSA) is 205 Å². The van der Waals surface area contributed by atoms with Crippen LogP contribution in [0.2, 0.25) is 0 Å². The maximum absolute atomic E-state index is 14.5. The molecule has 1 saturated carbocycles. The zero-order valence-corrected chi connectivity index (χ0v) is 26.5. The second-order valence-corrected chi connectivity index (χ2v) is 13.3.